The fourth-order valence-corrected chi connectivity index (χ4v) is 3.36. The van der Waals surface area contributed by atoms with Crippen molar-refractivity contribution in [1.29, 1.82) is 0 Å². The summed E-state index contributed by atoms with van der Waals surface area (Å²) < 4.78 is 38.5. The van der Waals surface area contributed by atoms with Gasteiger partial charge in [-0.25, -0.2) is 0 Å². The Balaban J connectivity index is 1.81. The van der Waals surface area contributed by atoms with Crippen molar-refractivity contribution in [3.8, 4) is 0 Å². The second-order valence-electron chi connectivity index (χ2n) is 8.64. The van der Waals surface area contributed by atoms with Gasteiger partial charge in [0.25, 0.3) is 5.91 Å². The maximum atomic E-state index is 13.2. The number of nitrogens with zero attached hydrogens (tertiary/aromatic N) is 1. The maximum absolute atomic E-state index is 13.2. The van der Waals surface area contributed by atoms with Gasteiger partial charge in [-0.2, -0.15) is 13.2 Å². The second kappa shape index (κ2) is 8.13. The van der Waals surface area contributed by atoms with Gasteiger partial charge in [-0.05, 0) is 57.0 Å². The zero-order chi connectivity index (χ0) is 22.1. The molecule has 1 N–H and O–H groups in total. The van der Waals surface area contributed by atoms with Crippen LogP contribution < -0.4 is 5.32 Å². The minimum atomic E-state index is -4.46. The van der Waals surface area contributed by atoms with Crippen LogP contribution >= 0.6 is 0 Å². The van der Waals surface area contributed by atoms with Crippen LogP contribution in [0.2, 0.25) is 0 Å². The van der Waals surface area contributed by atoms with E-state index < -0.39 is 11.7 Å². The Hall–Kier alpha value is -2.83. The van der Waals surface area contributed by atoms with Crippen LogP contribution in [0.4, 0.5) is 13.2 Å². The van der Waals surface area contributed by atoms with Gasteiger partial charge in [-0.1, -0.05) is 30.3 Å². The summed E-state index contributed by atoms with van der Waals surface area (Å²) in [6.07, 6.45) is -3.93. The first-order valence-corrected chi connectivity index (χ1v) is 9.80. The van der Waals surface area contributed by atoms with Gasteiger partial charge in [0.15, 0.2) is 0 Å². The van der Waals surface area contributed by atoms with Crippen LogP contribution in [0.1, 0.15) is 48.7 Å². The van der Waals surface area contributed by atoms with Crippen LogP contribution in [0.25, 0.3) is 0 Å². The molecular weight excluding hydrogens is 393 g/mol. The quantitative estimate of drug-likeness (QED) is 0.768. The Morgan fingerprint density at radius 1 is 1.00 bits per heavy atom. The van der Waals surface area contributed by atoms with Crippen molar-refractivity contribution in [3.05, 3.63) is 71.3 Å². The molecule has 2 amide bonds. The number of hydrogen-bond donors (Lipinski definition) is 1. The number of alkyl halides is 3. The third-order valence-electron chi connectivity index (χ3n) is 4.91. The summed E-state index contributed by atoms with van der Waals surface area (Å²) in [5.41, 5.74) is -0.130. The van der Waals surface area contributed by atoms with E-state index in [0.717, 1.165) is 17.7 Å². The molecule has 2 aromatic carbocycles. The fraction of sp³-hybridized carbons (Fsp3) is 0.391. The van der Waals surface area contributed by atoms with Crippen molar-refractivity contribution in [2.45, 2.75) is 51.5 Å². The summed E-state index contributed by atoms with van der Waals surface area (Å²) in [6, 6.07) is 13.2. The lowest BCUT2D eigenvalue weighted by Gasteiger charge is -2.25. The molecule has 4 nitrogen and oxygen atoms in total. The van der Waals surface area contributed by atoms with E-state index in [2.05, 4.69) is 5.32 Å². The van der Waals surface area contributed by atoms with Gasteiger partial charge in [-0.3, -0.25) is 9.59 Å². The Bertz CT molecular complexity index is 903. The van der Waals surface area contributed by atoms with Crippen molar-refractivity contribution >= 4 is 11.8 Å². The highest BCUT2D eigenvalue weighted by Gasteiger charge is 2.49. The summed E-state index contributed by atoms with van der Waals surface area (Å²) in [5.74, 6) is -0.833. The molecule has 2 atom stereocenters. The number of carbonyl (C=O) groups excluding carboxylic acids is 2. The van der Waals surface area contributed by atoms with Crippen LogP contribution in [0, 0.1) is 5.92 Å². The molecule has 1 saturated carbocycles. The van der Waals surface area contributed by atoms with Crippen LogP contribution in [0.5, 0.6) is 0 Å². The monoisotopic (exact) mass is 418 g/mol. The minimum absolute atomic E-state index is 0.120. The van der Waals surface area contributed by atoms with Crippen molar-refractivity contribution in [1.82, 2.24) is 10.2 Å². The second-order valence-corrected chi connectivity index (χ2v) is 8.64. The number of carbonyl (C=O) groups is 2. The highest BCUT2D eigenvalue weighted by Crippen LogP contribution is 2.38. The lowest BCUT2D eigenvalue weighted by Crippen LogP contribution is -2.43. The normalized spacial score (nSPS) is 18.6. The van der Waals surface area contributed by atoms with Gasteiger partial charge >= 0.3 is 6.18 Å². The third-order valence-corrected chi connectivity index (χ3v) is 4.91. The SMILES string of the molecule is CC(C)(C)NC(=O)[C@@H]1C[C@H]1N(Cc1ccccc1)C(=O)c1ccc(C(F)(F)F)cc1. The summed E-state index contributed by atoms with van der Waals surface area (Å²) in [6.45, 7) is 5.94. The molecule has 1 aliphatic carbocycles. The highest BCUT2D eigenvalue weighted by atomic mass is 19.4. The molecule has 2 aromatic rings. The topological polar surface area (TPSA) is 49.4 Å². The zero-order valence-electron chi connectivity index (χ0n) is 17.2. The molecule has 7 heteroatoms. The van der Waals surface area contributed by atoms with E-state index in [4.69, 9.17) is 0 Å². The molecule has 0 unspecified atom stereocenters. The Labute approximate surface area is 174 Å². The van der Waals surface area contributed by atoms with Crippen LogP contribution in [0.3, 0.4) is 0 Å². The number of rotatable bonds is 5. The van der Waals surface area contributed by atoms with Gasteiger partial charge in [0, 0.05) is 23.7 Å². The number of nitrogens with one attached hydrogen (secondary N) is 1. The fourth-order valence-electron chi connectivity index (χ4n) is 3.36. The third kappa shape index (κ3) is 5.40. The van der Waals surface area contributed by atoms with E-state index in [0.29, 0.717) is 6.42 Å². The molecule has 30 heavy (non-hydrogen) atoms. The zero-order valence-corrected chi connectivity index (χ0v) is 17.2. The van der Waals surface area contributed by atoms with Gasteiger partial charge in [0.2, 0.25) is 5.91 Å². The molecule has 0 radical (unpaired) electrons. The molecule has 1 aliphatic rings. The number of benzene rings is 2. The van der Waals surface area contributed by atoms with E-state index >= 15 is 0 Å². The number of hydrogen-bond acceptors (Lipinski definition) is 2. The first-order chi connectivity index (χ1) is 14.0. The molecule has 0 aromatic heterocycles. The Kier molecular flexibility index (Phi) is 5.92. The number of halogens is 3. The molecule has 0 heterocycles. The molecule has 0 bridgehead atoms. The molecule has 0 aliphatic heterocycles. The lowest BCUT2D eigenvalue weighted by atomic mass is 10.1. The van der Waals surface area contributed by atoms with E-state index in [-0.39, 0.29) is 41.4 Å². The average molecular weight is 418 g/mol. The molecule has 0 saturated heterocycles. The summed E-state index contributed by atoms with van der Waals surface area (Å²) in [5, 5.41) is 2.93. The summed E-state index contributed by atoms with van der Waals surface area (Å²) >= 11 is 0. The van der Waals surface area contributed by atoms with Gasteiger partial charge in [0.1, 0.15) is 0 Å². The van der Waals surface area contributed by atoms with E-state index in [9.17, 15) is 22.8 Å². The Morgan fingerprint density at radius 2 is 1.60 bits per heavy atom. The van der Waals surface area contributed by atoms with Gasteiger partial charge in [0.05, 0.1) is 11.5 Å². The molecule has 0 spiro atoms. The van der Waals surface area contributed by atoms with Crippen LogP contribution in [-0.4, -0.2) is 28.3 Å². The number of amides is 2. The van der Waals surface area contributed by atoms with Gasteiger partial charge < -0.3 is 10.2 Å². The standard InChI is InChI=1S/C23H25F3N2O2/c1-22(2,3)27-20(29)18-13-19(18)28(14-15-7-5-4-6-8-15)21(30)16-9-11-17(12-10-16)23(24,25)26/h4-12,18-19H,13-14H2,1-3H3,(H,27,29)/t18-,19-/m1/s1. The molecular formula is C23H25F3N2O2. The Morgan fingerprint density at radius 3 is 2.13 bits per heavy atom. The smallest absolute Gasteiger partial charge is 0.351 e. The van der Waals surface area contributed by atoms with E-state index in [1.54, 1.807) is 4.90 Å². The average Bonchev–Trinajstić information content (AvgIpc) is 3.45. The largest absolute Gasteiger partial charge is 0.416 e. The molecule has 3 rings (SSSR count). The van der Waals surface area contributed by atoms with E-state index in [1.807, 2.05) is 51.1 Å². The maximum Gasteiger partial charge on any atom is 0.416 e. The van der Waals surface area contributed by atoms with Crippen molar-refractivity contribution in [3.63, 3.8) is 0 Å². The molecule has 160 valence electrons. The lowest BCUT2D eigenvalue weighted by molar-refractivity contribution is -0.137. The summed E-state index contributed by atoms with van der Waals surface area (Å²) in [7, 11) is 0. The predicted molar refractivity (Wildman–Crippen MR) is 108 cm³/mol. The predicted octanol–water partition coefficient (Wildman–Crippen LogP) is 4.65. The van der Waals surface area contributed by atoms with E-state index in [1.165, 1.54) is 12.1 Å². The first kappa shape index (κ1) is 21.9. The summed E-state index contributed by atoms with van der Waals surface area (Å²) in [4.78, 5) is 27.3. The van der Waals surface area contributed by atoms with Crippen LogP contribution in [-0.2, 0) is 17.5 Å². The van der Waals surface area contributed by atoms with Crippen molar-refractivity contribution < 1.29 is 22.8 Å². The minimum Gasteiger partial charge on any atom is -0.351 e. The first-order valence-electron chi connectivity index (χ1n) is 9.80. The van der Waals surface area contributed by atoms with Crippen molar-refractivity contribution in [2.75, 3.05) is 0 Å². The van der Waals surface area contributed by atoms with Crippen molar-refractivity contribution in [2.24, 2.45) is 5.92 Å². The van der Waals surface area contributed by atoms with Crippen LogP contribution in [0.15, 0.2) is 54.6 Å². The molecule has 1 fully saturated rings. The van der Waals surface area contributed by atoms with Gasteiger partial charge in [-0.15, -0.1) is 0 Å². The highest BCUT2D eigenvalue weighted by molar-refractivity contribution is 5.95.